The van der Waals surface area contributed by atoms with Crippen LogP contribution in [0.15, 0.2) is 16.9 Å². The van der Waals surface area contributed by atoms with Crippen LogP contribution in [0.1, 0.15) is 0 Å². The van der Waals surface area contributed by atoms with Crippen LogP contribution >= 0.6 is 11.8 Å². The number of hydrogen-bond donors (Lipinski definition) is 2. The number of thioether (sulfide) groups is 1. The standard InChI is InChI=1S/C6H11N3O3S2/c1-13-4-5(14(7,10)11)9-6-8-2-3-12-6/h2-3,5H,4H2,1H3,(H,8,9)(H2,7,10,11). The topological polar surface area (TPSA) is 98.2 Å². The fraction of sp³-hybridized carbons (Fsp3) is 0.500. The third-order valence-corrected chi connectivity index (χ3v) is 3.39. The first-order valence-corrected chi connectivity index (χ1v) is 6.71. The monoisotopic (exact) mass is 237 g/mol. The number of nitrogens with zero attached hydrogens (tertiary/aromatic N) is 1. The summed E-state index contributed by atoms with van der Waals surface area (Å²) < 4.78 is 27.0. The lowest BCUT2D eigenvalue weighted by atomic mass is 10.7. The van der Waals surface area contributed by atoms with Crippen molar-refractivity contribution in [3.05, 3.63) is 12.5 Å². The SMILES string of the molecule is CSCC(Nc1ncco1)S(N)(=O)=O. The van der Waals surface area contributed by atoms with Gasteiger partial charge in [0.2, 0.25) is 10.0 Å². The maximum absolute atomic E-state index is 11.1. The normalized spacial score (nSPS) is 13.9. The zero-order chi connectivity index (χ0) is 10.6. The fourth-order valence-corrected chi connectivity index (χ4v) is 2.62. The van der Waals surface area contributed by atoms with Crippen LogP contribution in [0.2, 0.25) is 0 Å². The highest BCUT2D eigenvalue weighted by Crippen LogP contribution is 2.09. The second-order valence-corrected chi connectivity index (χ2v) is 5.17. The number of aromatic nitrogens is 1. The summed E-state index contributed by atoms with van der Waals surface area (Å²) in [6.45, 7) is 0. The van der Waals surface area contributed by atoms with Crippen molar-refractivity contribution in [1.82, 2.24) is 4.98 Å². The predicted octanol–water partition coefficient (Wildman–Crippen LogP) is 0.0641. The van der Waals surface area contributed by atoms with Gasteiger partial charge in [-0.15, -0.1) is 0 Å². The van der Waals surface area contributed by atoms with E-state index in [1.54, 1.807) is 6.26 Å². The van der Waals surface area contributed by atoms with Gasteiger partial charge in [-0.25, -0.2) is 18.5 Å². The van der Waals surface area contributed by atoms with Crippen molar-refractivity contribution in [3.8, 4) is 0 Å². The van der Waals surface area contributed by atoms with Crippen LogP contribution in [-0.4, -0.2) is 30.8 Å². The molecule has 8 heteroatoms. The number of primary sulfonamides is 1. The van der Waals surface area contributed by atoms with Crippen LogP contribution < -0.4 is 10.5 Å². The highest BCUT2D eigenvalue weighted by atomic mass is 32.2. The Bertz CT molecular complexity index is 362. The van der Waals surface area contributed by atoms with Crippen molar-refractivity contribution in [2.45, 2.75) is 5.37 Å². The summed E-state index contributed by atoms with van der Waals surface area (Å²) in [4.78, 5) is 3.74. The van der Waals surface area contributed by atoms with Crippen molar-refractivity contribution in [3.63, 3.8) is 0 Å². The summed E-state index contributed by atoms with van der Waals surface area (Å²) in [5.74, 6) is 0.335. The lowest BCUT2D eigenvalue weighted by Crippen LogP contribution is -2.37. The largest absolute Gasteiger partial charge is 0.432 e. The Kier molecular flexibility index (Phi) is 3.78. The Hall–Kier alpha value is -0.730. The first kappa shape index (κ1) is 11.3. The van der Waals surface area contributed by atoms with E-state index in [-0.39, 0.29) is 6.01 Å². The molecule has 0 radical (unpaired) electrons. The van der Waals surface area contributed by atoms with Crippen LogP contribution in [0.5, 0.6) is 0 Å². The number of nitrogens with one attached hydrogen (secondary N) is 1. The Balaban J connectivity index is 2.71. The molecular weight excluding hydrogens is 226 g/mol. The molecule has 0 aliphatic heterocycles. The summed E-state index contributed by atoms with van der Waals surface area (Å²) in [7, 11) is -3.64. The zero-order valence-electron chi connectivity index (χ0n) is 7.50. The second kappa shape index (κ2) is 4.67. The molecular formula is C6H11N3O3S2. The number of oxazole rings is 1. The summed E-state index contributed by atoms with van der Waals surface area (Å²) >= 11 is 1.37. The van der Waals surface area contributed by atoms with Crippen LogP contribution in [0, 0.1) is 0 Å². The van der Waals surface area contributed by atoms with E-state index in [2.05, 4.69) is 10.3 Å². The maximum atomic E-state index is 11.1. The molecule has 1 heterocycles. The molecule has 0 saturated carbocycles. The van der Waals surface area contributed by atoms with Crippen molar-refractivity contribution in [2.75, 3.05) is 17.3 Å². The van der Waals surface area contributed by atoms with E-state index in [0.717, 1.165) is 0 Å². The van der Waals surface area contributed by atoms with E-state index in [0.29, 0.717) is 5.75 Å². The van der Waals surface area contributed by atoms with Gasteiger partial charge in [-0.1, -0.05) is 0 Å². The molecule has 0 bridgehead atoms. The lowest BCUT2D eigenvalue weighted by molar-refractivity contribution is 0.561. The van der Waals surface area contributed by atoms with E-state index in [9.17, 15) is 8.42 Å². The van der Waals surface area contributed by atoms with Gasteiger partial charge >= 0.3 is 0 Å². The van der Waals surface area contributed by atoms with Gasteiger partial charge in [0.05, 0.1) is 6.20 Å². The molecule has 3 N–H and O–H groups in total. The van der Waals surface area contributed by atoms with Gasteiger partial charge in [-0.2, -0.15) is 11.8 Å². The third kappa shape index (κ3) is 3.20. The summed E-state index contributed by atoms with van der Waals surface area (Å²) in [5, 5.41) is 6.72. The molecule has 1 rings (SSSR count). The Labute approximate surface area is 86.3 Å². The van der Waals surface area contributed by atoms with E-state index in [1.165, 1.54) is 24.2 Å². The molecule has 14 heavy (non-hydrogen) atoms. The first-order chi connectivity index (χ1) is 6.54. The smallest absolute Gasteiger partial charge is 0.295 e. The van der Waals surface area contributed by atoms with Gasteiger partial charge < -0.3 is 9.73 Å². The number of anilines is 1. The van der Waals surface area contributed by atoms with Gasteiger partial charge in [0.1, 0.15) is 6.26 Å². The molecule has 0 amide bonds. The van der Waals surface area contributed by atoms with Crippen LogP contribution in [-0.2, 0) is 10.0 Å². The molecule has 0 aliphatic carbocycles. The summed E-state index contributed by atoms with van der Waals surface area (Å²) in [6.07, 6.45) is 4.55. The van der Waals surface area contributed by atoms with E-state index >= 15 is 0 Å². The average molecular weight is 237 g/mol. The number of sulfonamides is 1. The molecule has 80 valence electrons. The fourth-order valence-electron chi connectivity index (χ4n) is 0.802. The summed E-state index contributed by atoms with van der Waals surface area (Å²) in [6, 6.07) is 0.151. The van der Waals surface area contributed by atoms with Crippen LogP contribution in [0.4, 0.5) is 6.01 Å². The van der Waals surface area contributed by atoms with E-state index in [4.69, 9.17) is 9.56 Å². The Morgan fingerprint density at radius 1 is 1.79 bits per heavy atom. The zero-order valence-corrected chi connectivity index (χ0v) is 9.14. The number of rotatable bonds is 5. The molecule has 0 fully saturated rings. The minimum Gasteiger partial charge on any atom is -0.432 e. The van der Waals surface area contributed by atoms with Gasteiger partial charge in [-0.05, 0) is 6.26 Å². The number of nitrogens with two attached hydrogens (primary N) is 1. The van der Waals surface area contributed by atoms with Gasteiger partial charge in [0, 0.05) is 5.75 Å². The minimum absolute atomic E-state index is 0.151. The Morgan fingerprint density at radius 3 is 2.93 bits per heavy atom. The summed E-state index contributed by atoms with van der Waals surface area (Å²) in [5.41, 5.74) is 0. The average Bonchev–Trinajstić information content (AvgIpc) is 2.54. The van der Waals surface area contributed by atoms with E-state index < -0.39 is 15.4 Å². The van der Waals surface area contributed by atoms with Gasteiger partial charge in [0.15, 0.2) is 5.37 Å². The molecule has 0 spiro atoms. The lowest BCUT2D eigenvalue weighted by Gasteiger charge is -2.13. The maximum Gasteiger partial charge on any atom is 0.295 e. The molecule has 0 saturated heterocycles. The molecule has 0 aromatic carbocycles. The molecule has 1 aromatic heterocycles. The predicted molar refractivity (Wildman–Crippen MR) is 55.4 cm³/mol. The van der Waals surface area contributed by atoms with Crippen LogP contribution in [0.3, 0.4) is 0 Å². The van der Waals surface area contributed by atoms with Gasteiger partial charge in [0.25, 0.3) is 6.01 Å². The highest BCUT2D eigenvalue weighted by molar-refractivity contribution is 8.00. The highest BCUT2D eigenvalue weighted by Gasteiger charge is 2.21. The minimum atomic E-state index is -3.64. The first-order valence-electron chi connectivity index (χ1n) is 3.70. The van der Waals surface area contributed by atoms with Crippen molar-refractivity contribution in [2.24, 2.45) is 5.14 Å². The van der Waals surface area contributed by atoms with Crippen LogP contribution in [0.25, 0.3) is 0 Å². The molecule has 1 unspecified atom stereocenters. The van der Waals surface area contributed by atoms with E-state index in [1.807, 2.05) is 0 Å². The molecule has 6 nitrogen and oxygen atoms in total. The molecule has 1 aromatic rings. The quantitative estimate of drug-likeness (QED) is 0.751. The second-order valence-electron chi connectivity index (χ2n) is 2.51. The van der Waals surface area contributed by atoms with Crippen molar-refractivity contribution >= 4 is 27.8 Å². The molecule has 1 atom stereocenters. The third-order valence-electron chi connectivity index (χ3n) is 1.43. The van der Waals surface area contributed by atoms with Crippen molar-refractivity contribution in [1.29, 1.82) is 0 Å². The molecule has 0 aliphatic rings. The van der Waals surface area contributed by atoms with Gasteiger partial charge in [-0.3, -0.25) is 0 Å². The number of hydrogen-bond acceptors (Lipinski definition) is 6. The van der Waals surface area contributed by atoms with Crippen molar-refractivity contribution < 1.29 is 12.8 Å². The Morgan fingerprint density at radius 2 is 2.50 bits per heavy atom.